The van der Waals surface area contributed by atoms with Crippen LogP contribution in [-0.4, -0.2) is 48.2 Å². The first-order valence-corrected chi connectivity index (χ1v) is 48.3. The lowest BCUT2D eigenvalue weighted by atomic mass is 9.82. The molecular weight excluding hydrogens is 1750 g/mol. The maximum absolute atomic E-state index is 6.38. The molecule has 14 nitrogen and oxygen atoms in total. The quantitative estimate of drug-likeness (QED) is 0.129. The molecule has 0 bridgehead atoms. The Morgan fingerprint density at radius 3 is 1.02 bits per heavy atom. The lowest BCUT2D eigenvalue weighted by molar-refractivity contribution is 0.661. The lowest BCUT2D eigenvalue weighted by Gasteiger charge is -2.21. The van der Waals surface area contributed by atoms with Gasteiger partial charge in [0.2, 0.25) is 0 Å². The van der Waals surface area contributed by atoms with Crippen molar-refractivity contribution in [3.05, 3.63) is 460 Å². The Morgan fingerprint density at radius 2 is 0.531 bits per heavy atom. The fourth-order valence-corrected chi connectivity index (χ4v) is 22.7. The monoisotopic (exact) mass is 1830 g/mol. The predicted molar refractivity (Wildman–Crippen MR) is 583 cm³/mol. The Balaban J connectivity index is 0.000000102. The maximum Gasteiger partial charge on any atom is 0.180 e. The molecule has 0 N–H and O–H groups in total. The van der Waals surface area contributed by atoms with Gasteiger partial charge in [0.1, 0.15) is 61.5 Å². The second-order valence-corrected chi connectivity index (χ2v) is 37.3. The summed E-state index contributed by atoms with van der Waals surface area (Å²) in [4.78, 5) is 31.0. The zero-order chi connectivity index (χ0) is 94.2. The van der Waals surface area contributed by atoms with Crippen molar-refractivity contribution in [2.75, 3.05) is 0 Å². The molecule has 0 atom stereocenters. The molecule has 1 aliphatic carbocycles. The van der Waals surface area contributed by atoms with Crippen LogP contribution < -0.4 is 0 Å². The summed E-state index contributed by atoms with van der Waals surface area (Å²) < 4.78 is 34.9. The van der Waals surface area contributed by atoms with E-state index in [1.54, 1.807) is 0 Å². The zero-order valence-corrected chi connectivity index (χ0v) is 77.3. The second-order valence-electron chi connectivity index (χ2n) is 37.3. The number of furan rings is 4. The first-order chi connectivity index (χ1) is 70.7. The number of benzene rings is 19. The van der Waals surface area contributed by atoms with Crippen LogP contribution in [0.4, 0.5) is 0 Å². The second kappa shape index (κ2) is 32.0. The van der Waals surface area contributed by atoms with Crippen molar-refractivity contribution >= 4 is 175 Å². The fourth-order valence-electron chi connectivity index (χ4n) is 22.7. The third-order valence-corrected chi connectivity index (χ3v) is 29.0. The van der Waals surface area contributed by atoms with Gasteiger partial charge in [-0.25, -0.2) is 29.9 Å². The molecule has 0 spiro atoms. The van der Waals surface area contributed by atoms with Crippen LogP contribution in [-0.2, 0) is 5.41 Å². The Labute approximate surface area is 816 Å². The van der Waals surface area contributed by atoms with Gasteiger partial charge in [0.05, 0.1) is 49.8 Å². The zero-order valence-electron chi connectivity index (χ0n) is 77.3. The largest absolute Gasteiger partial charge is 0.456 e. The van der Waals surface area contributed by atoms with E-state index in [2.05, 4.69) is 360 Å². The van der Waals surface area contributed by atoms with Crippen molar-refractivity contribution in [3.63, 3.8) is 0 Å². The normalized spacial score (nSPS) is 12.5. The van der Waals surface area contributed by atoms with Gasteiger partial charge in [-0.3, -0.25) is 0 Å². The predicted octanol–water partition coefficient (Wildman–Crippen LogP) is 33.7. The van der Waals surface area contributed by atoms with Gasteiger partial charge < -0.3 is 35.9 Å². The molecule has 11 heterocycles. The van der Waals surface area contributed by atoms with Gasteiger partial charge in [-0.05, 0) is 168 Å². The van der Waals surface area contributed by atoms with Crippen molar-refractivity contribution in [3.8, 4) is 102 Å². The van der Waals surface area contributed by atoms with Gasteiger partial charge in [-0.1, -0.05) is 317 Å². The van der Waals surface area contributed by atoms with Crippen LogP contribution in [0.5, 0.6) is 0 Å². The topological polar surface area (TPSA) is 150 Å². The molecule has 19 aromatic carbocycles. The lowest BCUT2D eigenvalue weighted by Crippen LogP contribution is -2.14. The molecule has 143 heavy (non-hydrogen) atoms. The number of hydrogen-bond donors (Lipinski definition) is 0. The number of fused-ring (bicyclic) bond motifs is 30. The number of aromatic nitrogens is 10. The SMILES string of the molecule is CC1(C)c2ccccc2-c2c1ccc1c2c2ccccc2n1-c1cccc(-c2nc(-c3ccccc3)c3oc4ccccc4c3n2)c1.c1ccc(-c2nc(-c3cccc(-n4c5ccccc5c5c6c7ccccc7n(-c7ccccc7)c6ccc54)c3)nc3c2oc2ccccc23)cc1.c1ccc(-c2nc(-c3ccccc3-n3c4ccccc4c4c5c(ccc43)oc3ccccc35)nc3c2oc2ccccc23)cc1. The average molecular weight is 1830 g/mol. The molecule has 14 heteroatoms. The molecule has 670 valence electrons. The highest BCUT2D eigenvalue weighted by Gasteiger charge is 2.38. The number of hydrogen-bond acceptors (Lipinski definition) is 10. The van der Waals surface area contributed by atoms with Crippen LogP contribution in [0.2, 0.25) is 0 Å². The van der Waals surface area contributed by atoms with Gasteiger partial charge in [0, 0.05) is 126 Å². The molecule has 0 unspecified atom stereocenters. The van der Waals surface area contributed by atoms with E-state index < -0.39 is 0 Å². The van der Waals surface area contributed by atoms with Gasteiger partial charge in [-0.2, -0.15) is 0 Å². The summed E-state index contributed by atoms with van der Waals surface area (Å²) in [6, 6.07) is 157. The molecule has 1 aliphatic rings. The van der Waals surface area contributed by atoms with E-state index in [0.29, 0.717) is 34.2 Å². The van der Waals surface area contributed by atoms with E-state index in [9.17, 15) is 0 Å². The molecule has 0 saturated carbocycles. The third kappa shape index (κ3) is 12.6. The van der Waals surface area contributed by atoms with Gasteiger partial charge in [0.25, 0.3) is 0 Å². The minimum atomic E-state index is -0.0626. The Bertz CT molecular complexity index is 10500. The number of para-hydroxylation sites is 10. The van der Waals surface area contributed by atoms with Crippen molar-refractivity contribution in [2.24, 2.45) is 0 Å². The van der Waals surface area contributed by atoms with Crippen LogP contribution in [0.3, 0.4) is 0 Å². The van der Waals surface area contributed by atoms with E-state index in [1.807, 2.05) is 121 Å². The van der Waals surface area contributed by atoms with E-state index in [0.717, 1.165) is 167 Å². The van der Waals surface area contributed by atoms with Crippen molar-refractivity contribution in [1.29, 1.82) is 0 Å². The van der Waals surface area contributed by atoms with Crippen molar-refractivity contribution in [1.82, 2.24) is 48.2 Å². The molecular formula is C129H80N10O4. The molecule has 31 rings (SSSR count). The number of nitrogens with zero attached hydrogens (tertiary/aromatic N) is 10. The van der Waals surface area contributed by atoms with E-state index in [1.165, 1.54) is 87.4 Å². The van der Waals surface area contributed by atoms with Crippen LogP contribution in [0.1, 0.15) is 25.0 Å². The molecule has 0 amide bonds. The molecule has 0 radical (unpaired) electrons. The smallest absolute Gasteiger partial charge is 0.180 e. The molecule has 0 aliphatic heterocycles. The molecule has 0 fully saturated rings. The van der Waals surface area contributed by atoms with Crippen LogP contribution >= 0.6 is 0 Å². The minimum Gasteiger partial charge on any atom is -0.456 e. The Morgan fingerprint density at radius 1 is 0.203 bits per heavy atom. The summed E-state index contributed by atoms with van der Waals surface area (Å²) in [5.74, 6) is 1.97. The highest BCUT2D eigenvalue weighted by atomic mass is 16.3. The molecule has 0 saturated heterocycles. The Kier molecular flexibility index (Phi) is 18.1. The van der Waals surface area contributed by atoms with E-state index >= 15 is 0 Å². The van der Waals surface area contributed by atoms with Crippen molar-refractivity contribution in [2.45, 2.75) is 19.3 Å². The summed E-state index contributed by atoms with van der Waals surface area (Å²) in [6.45, 7) is 4.69. The fraction of sp³-hybridized carbons (Fsp3) is 0.0233. The first-order valence-electron chi connectivity index (χ1n) is 48.3. The number of rotatable bonds is 10. The highest BCUT2D eigenvalue weighted by Crippen LogP contribution is 2.55. The summed E-state index contributed by atoms with van der Waals surface area (Å²) in [5.41, 5.74) is 35.7. The first kappa shape index (κ1) is 81.0. The van der Waals surface area contributed by atoms with Crippen molar-refractivity contribution < 1.29 is 17.7 Å². The molecule has 30 aromatic rings. The minimum absolute atomic E-state index is 0.0626. The van der Waals surface area contributed by atoms with E-state index in [-0.39, 0.29) is 5.41 Å². The third-order valence-electron chi connectivity index (χ3n) is 29.0. The summed E-state index contributed by atoms with van der Waals surface area (Å²) in [6.07, 6.45) is 0. The Hall–Kier alpha value is -19.2. The summed E-state index contributed by atoms with van der Waals surface area (Å²) in [5, 5.41) is 15.0. The van der Waals surface area contributed by atoms with Crippen LogP contribution in [0.15, 0.2) is 467 Å². The van der Waals surface area contributed by atoms with E-state index in [4.69, 9.17) is 47.6 Å². The van der Waals surface area contributed by atoms with Gasteiger partial charge in [-0.15, -0.1) is 0 Å². The summed E-state index contributed by atoms with van der Waals surface area (Å²) in [7, 11) is 0. The van der Waals surface area contributed by atoms with Gasteiger partial charge in [0.15, 0.2) is 34.2 Å². The molecule has 11 aromatic heterocycles. The standard InChI is InChI=1S/C46H28N4O.C43H29N3O.C40H23N3O2/c1-3-14-29(15-4-1)43-45-44(35-22-9-12-25-40(35)51-45)48-46(47-43)30-16-13-19-32(28-30)50-37-24-11-8-21-34(37)42-39(50)27-26-38-41(42)33-20-7-10-23-36(33)49(38)31-17-5-2-6-18-31;1-43(2)32-20-9-6-17-29(32)37-33(43)23-24-35-38(37)30-18-7-10-21-34(30)46(35)28-16-12-15-27(25-28)42-44-39(26-13-4-3-5-14-26)41-40(45-42)31-19-8-11-22-36(31)47-41;1-2-12-24(13-3-1)37-39-38(28-17-7-11-21-33(28)45-39)42-40(41-37)26-15-5-9-19-30(26)43-29-18-8-4-14-25(29)35-31(43)22-23-34-36(35)27-16-6-10-20-32(27)44-34/h1-28H;3-25H,1-2H3;1-23H. The van der Waals surface area contributed by atoms with Gasteiger partial charge >= 0.3 is 0 Å². The highest BCUT2D eigenvalue weighted by molar-refractivity contribution is 6.30. The maximum atomic E-state index is 6.38. The summed E-state index contributed by atoms with van der Waals surface area (Å²) >= 11 is 0. The van der Waals surface area contributed by atoms with Crippen LogP contribution in [0, 0.1) is 0 Å². The van der Waals surface area contributed by atoms with Crippen LogP contribution in [0.25, 0.3) is 277 Å². The average Bonchev–Trinajstić information content (AvgIpc) is 1.54.